The monoisotopic (exact) mass is 470 g/mol. The molecule has 1 aromatic carbocycles. The van der Waals surface area contributed by atoms with E-state index >= 15 is 0 Å². The molecule has 0 atom stereocenters. The summed E-state index contributed by atoms with van der Waals surface area (Å²) in [6.45, 7) is 3.76. The molecule has 166 valence electrons. The molecule has 0 spiro atoms. The maximum Gasteiger partial charge on any atom is 0.158 e. The molecule has 0 saturated carbocycles. The Hall–Kier alpha value is -2.72. The normalized spacial score (nSPS) is 11.6. The molecule has 6 nitrogen and oxygen atoms in total. The SMILES string of the molecule is COCCOCc1cc(C)c(C=NNc2ncnc3sc(Cc4ccccc4F)cc23)s1. The molecule has 0 amide bonds. The topological polar surface area (TPSA) is 68.6 Å². The molecule has 0 unspecified atom stereocenters. The number of hydrogen-bond acceptors (Lipinski definition) is 8. The van der Waals surface area contributed by atoms with Gasteiger partial charge in [0.1, 0.15) is 17.0 Å². The van der Waals surface area contributed by atoms with E-state index in [2.05, 4.69) is 26.6 Å². The van der Waals surface area contributed by atoms with Gasteiger partial charge in [0.2, 0.25) is 0 Å². The quantitative estimate of drug-likeness (QED) is 0.191. The lowest BCUT2D eigenvalue weighted by atomic mass is 10.1. The van der Waals surface area contributed by atoms with E-state index in [0.29, 0.717) is 37.6 Å². The third-order valence-corrected chi connectivity index (χ3v) is 6.93. The van der Waals surface area contributed by atoms with Gasteiger partial charge in [0.25, 0.3) is 0 Å². The smallest absolute Gasteiger partial charge is 0.158 e. The van der Waals surface area contributed by atoms with Gasteiger partial charge < -0.3 is 9.47 Å². The minimum Gasteiger partial charge on any atom is -0.382 e. The highest BCUT2D eigenvalue weighted by atomic mass is 32.1. The summed E-state index contributed by atoms with van der Waals surface area (Å²) in [7, 11) is 1.66. The number of benzene rings is 1. The molecule has 0 aliphatic heterocycles. The second-order valence-corrected chi connectivity index (χ2v) is 9.38. The van der Waals surface area contributed by atoms with Crippen LogP contribution >= 0.6 is 22.7 Å². The van der Waals surface area contributed by atoms with E-state index in [4.69, 9.17) is 9.47 Å². The molecule has 9 heteroatoms. The van der Waals surface area contributed by atoms with E-state index in [1.807, 2.05) is 19.1 Å². The van der Waals surface area contributed by atoms with Crippen LogP contribution in [0.1, 0.15) is 25.8 Å². The molecule has 0 radical (unpaired) electrons. The zero-order chi connectivity index (χ0) is 22.3. The van der Waals surface area contributed by atoms with E-state index in [0.717, 1.165) is 30.4 Å². The van der Waals surface area contributed by atoms with Gasteiger partial charge >= 0.3 is 0 Å². The van der Waals surface area contributed by atoms with Crippen LogP contribution in [0.25, 0.3) is 10.2 Å². The summed E-state index contributed by atoms with van der Waals surface area (Å²) in [5.41, 5.74) is 4.83. The summed E-state index contributed by atoms with van der Waals surface area (Å²) in [6.07, 6.45) is 3.81. The predicted octanol–water partition coefficient (Wildman–Crippen LogP) is 5.40. The van der Waals surface area contributed by atoms with E-state index in [-0.39, 0.29) is 5.82 Å². The number of thiophene rings is 2. The van der Waals surface area contributed by atoms with E-state index in [1.165, 1.54) is 23.7 Å². The molecular formula is C23H23FN4O2S2. The number of halogens is 1. The minimum absolute atomic E-state index is 0.200. The van der Waals surface area contributed by atoms with Crippen molar-refractivity contribution < 1.29 is 13.9 Å². The van der Waals surface area contributed by atoms with E-state index in [9.17, 15) is 4.39 Å². The zero-order valence-corrected chi connectivity index (χ0v) is 19.4. The van der Waals surface area contributed by atoms with Crippen molar-refractivity contribution in [3.8, 4) is 0 Å². The molecule has 32 heavy (non-hydrogen) atoms. The maximum absolute atomic E-state index is 14.0. The third-order valence-electron chi connectivity index (χ3n) is 4.74. The van der Waals surface area contributed by atoms with Crippen LogP contribution in [0.5, 0.6) is 0 Å². The number of hydrazone groups is 1. The van der Waals surface area contributed by atoms with Gasteiger partial charge in [-0.2, -0.15) is 5.10 Å². The molecule has 0 aliphatic carbocycles. The van der Waals surface area contributed by atoms with Crippen LogP contribution in [0.3, 0.4) is 0 Å². The van der Waals surface area contributed by atoms with Gasteiger partial charge in [0, 0.05) is 23.3 Å². The lowest BCUT2D eigenvalue weighted by Gasteiger charge is -2.00. The first-order chi connectivity index (χ1) is 15.6. The Balaban J connectivity index is 1.44. The Kier molecular flexibility index (Phi) is 7.54. The number of anilines is 1. The third kappa shape index (κ3) is 5.55. The Labute approximate surface area is 193 Å². The summed E-state index contributed by atoms with van der Waals surface area (Å²) in [4.78, 5) is 12.7. The van der Waals surface area contributed by atoms with Crippen molar-refractivity contribution in [1.82, 2.24) is 9.97 Å². The summed E-state index contributed by atoms with van der Waals surface area (Å²) >= 11 is 3.17. The molecule has 0 bridgehead atoms. The molecule has 0 fully saturated rings. The Morgan fingerprint density at radius 2 is 2.00 bits per heavy atom. The first kappa shape index (κ1) is 22.5. The molecular weight excluding hydrogens is 447 g/mol. The molecule has 0 aliphatic rings. The fourth-order valence-corrected chi connectivity index (χ4v) is 5.15. The van der Waals surface area contributed by atoms with Crippen LogP contribution in [0.4, 0.5) is 10.2 Å². The fraction of sp³-hybridized carbons (Fsp3) is 0.261. The van der Waals surface area contributed by atoms with Crippen LogP contribution in [0.15, 0.2) is 47.8 Å². The molecule has 4 rings (SSSR count). The summed E-state index contributed by atoms with van der Waals surface area (Å²) < 4.78 is 24.6. The van der Waals surface area contributed by atoms with Crippen molar-refractivity contribution in [2.75, 3.05) is 25.7 Å². The number of nitrogens with zero attached hydrogens (tertiary/aromatic N) is 3. The van der Waals surface area contributed by atoms with Gasteiger partial charge in [-0.25, -0.2) is 14.4 Å². The highest BCUT2D eigenvalue weighted by molar-refractivity contribution is 7.18. The molecule has 3 heterocycles. The van der Waals surface area contributed by atoms with Crippen molar-refractivity contribution in [3.05, 3.63) is 74.3 Å². The largest absolute Gasteiger partial charge is 0.382 e. The lowest BCUT2D eigenvalue weighted by molar-refractivity contribution is 0.0628. The number of fused-ring (bicyclic) bond motifs is 1. The van der Waals surface area contributed by atoms with Crippen molar-refractivity contribution in [3.63, 3.8) is 0 Å². The van der Waals surface area contributed by atoms with E-state index < -0.39 is 0 Å². The average molecular weight is 471 g/mol. The van der Waals surface area contributed by atoms with Crippen LogP contribution in [-0.2, 0) is 22.5 Å². The van der Waals surface area contributed by atoms with Crippen LogP contribution in [-0.4, -0.2) is 36.5 Å². The number of methoxy groups -OCH3 is 1. The summed E-state index contributed by atoms with van der Waals surface area (Å²) in [6, 6.07) is 10.9. The Morgan fingerprint density at radius 1 is 1.12 bits per heavy atom. The van der Waals surface area contributed by atoms with Crippen LogP contribution < -0.4 is 5.43 Å². The second kappa shape index (κ2) is 10.7. The molecule has 1 N–H and O–H groups in total. The predicted molar refractivity (Wildman–Crippen MR) is 128 cm³/mol. The number of aryl methyl sites for hydroxylation is 1. The summed E-state index contributed by atoms with van der Waals surface area (Å²) in [5, 5.41) is 5.25. The minimum atomic E-state index is -0.200. The maximum atomic E-state index is 14.0. The Morgan fingerprint density at radius 3 is 2.84 bits per heavy atom. The van der Waals surface area contributed by atoms with E-state index in [1.54, 1.807) is 36.8 Å². The van der Waals surface area contributed by atoms with Gasteiger partial charge in [-0.05, 0) is 36.2 Å². The molecule has 0 saturated heterocycles. The molecule has 4 aromatic rings. The van der Waals surface area contributed by atoms with Crippen molar-refractivity contribution >= 4 is 44.9 Å². The van der Waals surface area contributed by atoms with Crippen molar-refractivity contribution in [2.45, 2.75) is 20.0 Å². The fourth-order valence-electron chi connectivity index (χ4n) is 3.14. The summed E-state index contributed by atoms with van der Waals surface area (Å²) in [5.74, 6) is 0.424. The standard InChI is InChI=1S/C23H23FN4O2S2/c1-15-9-18(13-30-8-7-29-2)31-21(15)12-27-28-22-19-11-17(32-23(19)26-14-25-22)10-16-5-3-4-6-20(16)24/h3-6,9,11-12,14H,7-8,10,13H2,1-2H3,(H,25,26,28). The molecule has 3 aromatic heterocycles. The average Bonchev–Trinajstić information content (AvgIpc) is 3.36. The van der Waals surface area contributed by atoms with Crippen molar-refractivity contribution in [2.24, 2.45) is 5.10 Å². The number of ether oxygens (including phenoxy) is 2. The van der Waals surface area contributed by atoms with Crippen LogP contribution in [0, 0.1) is 12.7 Å². The lowest BCUT2D eigenvalue weighted by Crippen LogP contribution is -2.00. The number of rotatable bonds is 10. The number of hydrogen-bond donors (Lipinski definition) is 1. The second-order valence-electron chi connectivity index (χ2n) is 7.10. The van der Waals surface area contributed by atoms with Gasteiger partial charge in [0.15, 0.2) is 5.82 Å². The van der Waals surface area contributed by atoms with Gasteiger partial charge in [-0.3, -0.25) is 5.43 Å². The van der Waals surface area contributed by atoms with Gasteiger partial charge in [0.05, 0.1) is 36.3 Å². The highest BCUT2D eigenvalue weighted by Gasteiger charge is 2.11. The van der Waals surface area contributed by atoms with Gasteiger partial charge in [-0.1, -0.05) is 18.2 Å². The van der Waals surface area contributed by atoms with Crippen molar-refractivity contribution in [1.29, 1.82) is 0 Å². The first-order valence-electron chi connectivity index (χ1n) is 10.1. The zero-order valence-electron chi connectivity index (χ0n) is 17.8. The number of aromatic nitrogens is 2. The highest BCUT2D eigenvalue weighted by Crippen LogP contribution is 2.30. The number of nitrogens with one attached hydrogen (secondary N) is 1. The van der Waals surface area contributed by atoms with Gasteiger partial charge in [-0.15, -0.1) is 22.7 Å². The first-order valence-corrected chi connectivity index (χ1v) is 11.7. The Bertz CT molecular complexity index is 1220. The van der Waals surface area contributed by atoms with Crippen LogP contribution in [0.2, 0.25) is 0 Å².